The van der Waals surface area contributed by atoms with E-state index in [1.54, 1.807) is 6.20 Å². The predicted molar refractivity (Wildman–Crippen MR) is 78.4 cm³/mol. The Kier molecular flexibility index (Phi) is 4.79. The van der Waals surface area contributed by atoms with Crippen molar-refractivity contribution in [1.82, 2.24) is 4.98 Å². The van der Waals surface area contributed by atoms with E-state index >= 15 is 0 Å². The molecule has 2 unspecified atom stereocenters. The van der Waals surface area contributed by atoms with Gasteiger partial charge < -0.3 is 5.73 Å². The van der Waals surface area contributed by atoms with Gasteiger partial charge in [0.05, 0.1) is 0 Å². The fourth-order valence-corrected chi connectivity index (χ4v) is 3.06. The molecule has 0 fully saturated rings. The number of rotatable bonds is 5. The summed E-state index contributed by atoms with van der Waals surface area (Å²) < 4.78 is 0. The third-order valence-corrected chi connectivity index (χ3v) is 4.32. The Morgan fingerprint density at radius 3 is 2.56 bits per heavy atom. The Labute approximate surface area is 113 Å². The van der Waals surface area contributed by atoms with Gasteiger partial charge in [-0.1, -0.05) is 36.4 Å². The van der Waals surface area contributed by atoms with E-state index in [0.717, 1.165) is 5.75 Å². The van der Waals surface area contributed by atoms with Crippen LogP contribution in [0.3, 0.4) is 0 Å². The highest BCUT2D eigenvalue weighted by molar-refractivity contribution is 7.98. The van der Waals surface area contributed by atoms with Crippen LogP contribution in [0.2, 0.25) is 0 Å². The highest BCUT2D eigenvalue weighted by Crippen LogP contribution is 2.33. The summed E-state index contributed by atoms with van der Waals surface area (Å²) in [4.78, 5) is 4.17. The van der Waals surface area contributed by atoms with Crippen LogP contribution in [0.5, 0.6) is 0 Å². The van der Waals surface area contributed by atoms with E-state index in [4.69, 9.17) is 5.73 Å². The summed E-state index contributed by atoms with van der Waals surface area (Å²) in [6, 6.07) is 14.7. The van der Waals surface area contributed by atoms with E-state index in [2.05, 4.69) is 42.2 Å². The lowest BCUT2D eigenvalue weighted by Gasteiger charge is -2.20. The number of thioether (sulfide) groups is 1. The van der Waals surface area contributed by atoms with Gasteiger partial charge in [0, 0.05) is 29.4 Å². The molecule has 1 aromatic carbocycles. The van der Waals surface area contributed by atoms with Crippen LogP contribution in [0.4, 0.5) is 0 Å². The van der Waals surface area contributed by atoms with Crippen LogP contribution in [0.25, 0.3) is 0 Å². The van der Waals surface area contributed by atoms with E-state index in [0.29, 0.717) is 5.25 Å². The van der Waals surface area contributed by atoms with Gasteiger partial charge in [-0.05, 0) is 24.1 Å². The van der Waals surface area contributed by atoms with Gasteiger partial charge in [-0.2, -0.15) is 0 Å². The van der Waals surface area contributed by atoms with Crippen LogP contribution in [0, 0.1) is 0 Å². The molecule has 2 nitrogen and oxygen atoms in total. The van der Waals surface area contributed by atoms with Gasteiger partial charge in [-0.3, -0.25) is 4.98 Å². The molecule has 2 rings (SSSR count). The summed E-state index contributed by atoms with van der Waals surface area (Å²) in [5.41, 5.74) is 8.62. The first kappa shape index (κ1) is 13.1. The van der Waals surface area contributed by atoms with E-state index in [9.17, 15) is 0 Å². The highest BCUT2D eigenvalue weighted by Gasteiger charge is 2.16. The molecule has 1 heterocycles. The zero-order valence-electron chi connectivity index (χ0n) is 10.5. The minimum atomic E-state index is 0.114. The summed E-state index contributed by atoms with van der Waals surface area (Å²) in [6.07, 6.45) is 3.70. The van der Waals surface area contributed by atoms with Crippen LogP contribution in [0.15, 0.2) is 54.9 Å². The molecule has 2 atom stereocenters. The fraction of sp³-hybridized carbons (Fsp3) is 0.267. The lowest BCUT2D eigenvalue weighted by atomic mass is 10.1. The van der Waals surface area contributed by atoms with Gasteiger partial charge in [-0.25, -0.2) is 0 Å². The number of aromatic nitrogens is 1. The van der Waals surface area contributed by atoms with Crippen molar-refractivity contribution < 1.29 is 0 Å². The number of benzene rings is 1. The molecule has 94 valence electrons. The molecule has 3 heteroatoms. The second kappa shape index (κ2) is 6.57. The molecule has 0 spiro atoms. The molecule has 1 aromatic heterocycles. The largest absolute Gasteiger partial charge is 0.327 e. The molecular formula is C15H18N2S. The second-order valence-electron chi connectivity index (χ2n) is 4.36. The normalized spacial score (nSPS) is 14.1. The summed E-state index contributed by atoms with van der Waals surface area (Å²) in [5.74, 6) is 0.974. The van der Waals surface area contributed by atoms with Gasteiger partial charge in [0.2, 0.25) is 0 Å². The second-order valence-corrected chi connectivity index (χ2v) is 5.49. The van der Waals surface area contributed by atoms with E-state index in [-0.39, 0.29) is 6.04 Å². The number of nitrogens with two attached hydrogens (primary N) is 1. The van der Waals surface area contributed by atoms with Crippen molar-refractivity contribution in [2.24, 2.45) is 5.73 Å². The lowest BCUT2D eigenvalue weighted by Crippen LogP contribution is -2.22. The standard InChI is InChI=1S/C15H18N2S/c1-12(16)15(14-8-5-9-17-10-14)18-11-13-6-3-2-4-7-13/h2-10,12,15H,11,16H2,1H3. The zero-order valence-corrected chi connectivity index (χ0v) is 11.3. The van der Waals surface area contributed by atoms with Crippen molar-refractivity contribution in [3.63, 3.8) is 0 Å². The molecule has 0 bridgehead atoms. The Balaban J connectivity index is 2.04. The maximum Gasteiger partial charge on any atom is 0.0464 e. The molecule has 0 radical (unpaired) electrons. The lowest BCUT2D eigenvalue weighted by molar-refractivity contribution is 0.719. The Hall–Kier alpha value is -1.32. The molecule has 0 aliphatic carbocycles. The molecule has 18 heavy (non-hydrogen) atoms. The molecule has 0 saturated carbocycles. The predicted octanol–water partition coefficient (Wildman–Crippen LogP) is 3.40. The first-order chi connectivity index (χ1) is 8.77. The van der Waals surface area contributed by atoms with Crippen molar-refractivity contribution in [3.05, 3.63) is 66.0 Å². The van der Waals surface area contributed by atoms with E-state index < -0.39 is 0 Å². The van der Waals surface area contributed by atoms with Crippen molar-refractivity contribution in [1.29, 1.82) is 0 Å². The topological polar surface area (TPSA) is 38.9 Å². The van der Waals surface area contributed by atoms with Gasteiger partial charge >= 0.3 is 0 Å². The van der Waals surface area contributed by atoms with Crippen molar-refractivity contribution in [3.8, 4) is 0 Å². The van der Waals surface area contributed by atoms with Gasteiger partial charge in [0.1, 0.15) is 0 Å². The maximum absolute atomic E-state index is 6.08. The van der Waals surface area contributed by atoms with Crippen LogP contribution in [-0.4, -0.2) is 11.0 Å². The van der Waals surface area contributed by atoms with Crippen LogP contribution < -0.4 is 5.73 Å². The molecule has 2 N–H and O–H groups in total. The summed E-state index contributed by atoms with van der Waals surface area (Å²) >= 11 is 1.87. The average molecular weight is 258 g/mol. The smallest absolute Gasteiger partial charge is 0.0464 e. The minimum absolute atomic E-state index is 0.114. The molecule has 2 aromatic rings. The van der Waals surface area contributed by atoms with Gasteiger partial charge in [-0.15, -0.1) is 11.8 Å². The summed E-state index contributed by atoms with van der Waals surface area (Å²) in [7, 11) is 0. The Morgan fingerprint density at radius 2 is 1.94 bits per heavy atom. The highest BCUT2D eigenvalue weighted by atomic mass is 32.2. The zero-order chi connectivity index (χ0) is 12.8. The average Bonchev–Trinajstić information content (AvgIpc) is 2.41. The quantitative estimate of drug-likeness (QED) is 0.893. The maximum atomic E-state index is 6.08. The Morgan fingerprint density at radius 1 is 1.17 bits per heavy atom. The third-order valence-electron chi connectivity index (χ3n) is 2.76. The van der Waals surface area contributed by atoms with Crippen molar-refractivity contribution in [2.75, 3.05) is 0 Å². The summed E-state index contributed by atoms with van der Waals surface area (Å²) in [5, 5.41) is 0.291. The molecular weight excluding hydrogens is 240 g/mol. The monoisotopic (exact) mass is 258 g/mol. The van der Waals surface area contributed by atoms with E-state index in [1.807, 2.05) is 30.1 Å². The number of hydrogen-bond donors (Lipinski definition) is 1. The van der Waals surface area contributed by atoms with E-state index in [1.165, 1.54) is 11.1 Å². The van der Waals surface area contributed by atoms with Gasteiger partial charge in [0.15, 0.2) is 0 Å². The molecule has 0 amide bonds. The number of pyridine rings is 1. The van der Waals surface area contributed by atoms with Crippen LogP contribution >= 0.6 is 11.8 Å². The number of nitrogens with zero attached hydrogens (tertiary/aromatic N) is 1. The molecule has 0 saturated heterocycles. The minimum Gasteiger partial charge on any atom is -0.327 e. The fourth-order valence-electron chi connectivity index (χ4n) is 1.86. The van der Waals surface area contributed by atoms with Crippen LogP contribution in [0.1, 0.15) is 23.3 Å². The molecule has 0 aliphatic rings. The van der Waals surface area contributed by atoms with Crippen molar-refractivity contribution in [2.45, 2.75) is 24.0 Å². The first-order valence-electron chi connectivity index (χ1n) is 6.08. The number of hydrogen-bond acceptors (Lipinski definition) is 3. The van der Waals surface area contributed by atoms with Crippen LogP contribution in [-0.2, 0) is 5.75 Å². The van der Waals surface area contributed by atoms with Gasteiger partial charge in [0.25, 0.3) is 0 Å². The van der Waals surface area contributed by atoms with Crippen molar-refractivity contribution >= 4 is 11.8 Å². The third kappa shape index (κ3) is 3.59. The SMILES string of the molecule is CC(N)C(SCc1ccccc1)c1cccnc1. The first-order valence-corrected chi connectivity index (χ1v) is 7.13. The Bertz CT molecular complexity index is 456. The summed E-state index contributed by atoms with van der Waals surface area (Å²) in [6.45, 7) is 2.05. The molecule has 0 aliphatic heterocycles.